The first-order valence-corrected chi connectivity index (χ1v) is 8.72. The summed E-state index contributed by atoms with van der Waals surface area (Å²) in [7, 11) is 0. The van der Waals surface area contributed by atoms with Gasteiger partial charge in [0.15, 0.2) is 0 Å². The summed E-state index contributed by atoms with van der Waals surface area (Å²) >= 11 is 0. The molecular formula is C22H20O5. The number of ether oxygens (including phenoxy) is 2. The molecule has 5 heteroatoms. The van der Waals surface area contributed by atoms with E-state index >= 15 is 0 Å². The third kappa shape index (κ3) is 4.85. The number of hydrogen-bond acceptors (Lipinski definition) is 5. The van der Waals surface area contributed by atoms with Crippen LogP contribution in [-0.2, 0) is 4.79 Å². The summed E-state index contributed by atoms with van der Waals surface area (Å²) in [4.78, 5) is 23.5. The highest BCUT2D eigenvalue weighted by Gasteiger charge is 2.06. The lowest BCUT2D eigenvalue weighted by atomic mass is 10.1. The van der Waals surface area contributed by atoms with Crippen molar-refractivity contribution in [1.82, 2.24) is 0 Å². The fraction of sp³-hybridized carbons (Fsp3) is 0.182. The van der Waals surface area contributed by atoms with Crippen LogP contribution in [0.4, 0.5) is 0 Å². The fourth-order valence-electron chi connectivity index (χ4n) is 2.58. The Balaban J connectivity index is 1.67. The number of esters is 1. The predicted octanol–water partition coefficient (Wildman–Crippen LogP) is 4.51. The maximum absolute atomic E-state index is 12.0. The lowest BCUT2D eigenvalue weighted by Gasteiger charge is -2.05. The van der Waals surface area contributed by atoms with Crippen LogP contribution in [0.3, 0.4) is 0 Å². The van der Waals surface area contributed by atoms with Gasteiger partial charge in [-0.05, 0) is 54.8 Å². The molecule has 0 aliphatic heterocycles. The van der Waals surface area contributed by atoms with Crippen LogP contribution < -0.4 is 15.1 Å². The lowest BCUT2D eigenvalue weighted by Crippen LogP contribution is -2.04. The monoisotopic (exact) mass is 364 g/mol. The Labute approximate surface area is 156 Å². The van der Waals surface area contributed by atoms with Crippen LogP contribution in [0.5, 0.6) is 11.5 Å². The molecule has 138 valence electrons. The molecule has 3 rings (SSSR count). The van der Waals surface area contributed by atoms with Gasteiger partial charge in [-0.2, -0.15) is 0 Å². The molecule has 0 saturated carbocycles. The highest BCUT2D eigenvalue weighted by atomic mass is 16.5. The van der Waals surface area contributed by atoms with Crippen LogP contribution >= 0.6 is 0 Å². The van der Waals surface area contributed by atoms with E-state index in [1.54, 1.807) is 18.2 Å². The first-order chi connectivity index (χ1) is 13.0. The van der Waals surface area contributed by atoms with Gasteiger partial charge < -0.3 is 13.9 Å². The quantitative estimate of drug-likeness (QED) is 0.279. The summed E-state index contributed by atoms with van der Waals surface area (Å²) < 4.78 is 16.0. The van der Waals surface area contributed by atoms with Crippen molar-refractivity contribution in [2.24, 2.45) is 0 Å². The van der Waals surface area contributed by atoms with Crippen molar-refractivity contribution in [3.05, 3.63) is 76.2 Å². The Morgan fingerprint density at radius 3 is 2.56 bits per heavy atom. The number of hydrogen-bond donors (Lipinski definition) is 0. The van der Waals surface area contributed by atoms with Crippen molar-refractivity contribution >= 4 is 23.0 Å². The standard InChI is InChI=1S/C22H20O5/c1-3-12-25-17-7-4-16(5-8-17)6-11-21(23)26-18-9-10-19-15(2)13-22(24)27-20(19)14-18/h4-11,13-14H,3,12H2,1-2H3/b11-6+. The van der Waals surface area contributed by atoms with Gasteiger partial charge in [0.05, 0.1) is 6.61 Å². The molecule has 2 aromatic carbocycles. The molecular weight excluding hydrogens is 344 g/mol. The molecule has 1 heterocycles. The van der Waals surface area contributed by atoms with Gasteiger partial charge in [0.1, 0.15) is 17.1 Å². The average molecular weight is 364 g/mol. The van der Waals surface area contributed by atoms with Crippen LogP contribution in [0.25, 0.3) is 17.0 Å². The van der Waals surface area contributed by atoms with E-state index in [0.717, 1.165) is 28.7 Å². The van der Waals surface area contributed by atoms with E-state index in [-0.39, 0.29) is 0 Å². The van der Waals surface area contributed by atoms with E-state index in [2.05, 4.69) is 0 Å². The minimum Gasteiger partial charge on any atom is -0.494 e. The average Bonchev–Trinajstić information content (AvgIpc) is 2.65. The molecule has 0 unspecified atom stereocenters. The Bertz CT molecular complexity index is 1030. The molecule has 0 aliphatic carbocycles. The third-order valence-electron chi connectivity index (χ3n) is 3.91. The highest BCUT2D eigenvalue weighted by Crippen LogP contribution is 2.22. The molecule has 0 amide bonds. The number of carbonyl (C=O) groups excluding carboxylic acids is 1. The van der Waals surface area contributed by atoms with Crippen molar-refractivity contribution in [3.63, 3.8) is 0 Å². The number of aryl methyl sites for hydroxylation is 1. The molecule has 0 fully saturated rings. The van der Waals surface area contributed by atoms with Gasteiger partial charge in [-0.1, -0.05) is 19.1 Å². The molecule has 27 heavy (non-hydrogen) atoms. The Hall–Kier alpha value is -3.34. The fourth-order valence-corrected chi connectivity index (χ4v) is 2.58. The topological polar surface area (TPSA) is 65.7 Å². The summed E-state index contributed by atoms with van der Waals surface area (Å²) in [6, 6.07) is 13.8. The third-order valence-corrected chi connectivity index (χ3v) is 3.91. The number of carbonyl (C=O) groups is 1. The molecule has 5 nitrogen and oxygen atoms in total. The minimum atomic E-state index is -0.518. The summed E-state index contributed by atoms with van der Waals surface area (Å²) in [5.74, 6) is 0.592. The van der Waals surface area contributed by atoms with Gasteiger partial charge in [0.2, 0.25) is 0 Å². The van der Waals surface area contributed by atoms with E-state index in [0.29, 0.717) is 17.9 Å². The molecule has 3 aromatic rings. The van der Waals surface area contributed by atoms with Gasteiger partial charge in [-0.3, -0.25) is 0 Å². The lowest BCUT2D eigenvalue weighted by molar-refractivity contribution is -0.128. The molecule has 1 aromatic heterocycles. The zero-order valence-electron chi connectivity index (χ0n) is 15.2. The van der Waals surface area contributed by atoms with E-state index in [1.807, 2.05) is 38.1 Å². The van der Waals surface area contributed by atoms with Crippen molar-refractivity contribution < 1.29 is 18.7 Å². The summed E-state index contributed by atoms with van der Waals surface area (Å²) in [6.07, 6.45) is 3.96. The Morgan fingerprint density at radius 1 is 1.07 bits per heavy atom. The molecule has 0 atom stereocenters. The summed E-state index contributed by atoms with van der Waals surface area (Å²) in [5, 5.41) is 0.801. The Morgan fingerprint density at radius 2 is 1.81 bits per heavy atom. The molecule has 0 spiro atoms. The van der Waals surface area contributed by atoms with Gasteiger partial charge >= 0.3 is 11.6 Å². The predicted molar refractivity (Wildman–Crippen MR) is 104 cm³/mol. The van der Waals surface area contributed by atoms with Crippen LogP contribution in [0.2, 0.25) is 0 Å². The van der Waals surface area contributed by atoms with Gasteiger partial charge in [-0.15, -0.1) is 0 Å². The second kappa shape index (κ2) is 8.36. The van der Waals surface area contributed by atoms with Crippen molar-refractivity contribution in [3.8, 4) is 11.5 Å². The van der Waals surface area contributed by atoms with E-state index in [4.69, 9.17) is 13.9 Å². The summed E-state index contributed by atoms with van der Waals surface area (Å²) in [5.41, 5.74) is 1.62. The van der Waals surface area contributed by atoms with Crippen molar-refractivity contribution in [2.45, 2.75) is 20.3 Å². The van der Waals surface area contributed by atoms with Crippen LogP contribution in [0, 0.1) is 6.92 Å². The van der Waals surface area contributed by atoms with Crippen molar-refractivity contribution in [2.75, 3.05) is 6.61 Å². The van der Waals surface area contributed by atoms with Crippen molar-refractivity contribution in [1.29, 1.82) is 0 Å². The molecule has 0 bridgehead atoms. The molecule has 0 N–H and O–H groups in total. The molecule has 0 radical (unpaired) electrons. The van der Waals surface area contributed by atoms with Crippen LogP contribution in [0.15, 0.2) is 63.8 Å². The Kier molecular flexibility index (Phi) is 5.71. The van der Waals surface area contributed by atoms with E-state index in [9.17, 15) is 9.59 Å². The molecule has 0 aliphatic rings. The van der Waals surface area contributed by atoms with Crippen LogP contribution in [0.1, 0.15) is 24.5 Å². The second-order valence-corrected chi connectivity index (χ2v) is 6.08. The van der Waals surface area contributed by atoms with E-state index in [1.165, 1.54) is 18.2 Å². The highest BCUT2D eigenvalue weighted by molar-refractivity contribution is 5.89. The first kappa shape index (κ1) is 18.5. The van der Waals surface area contributed by atoms with Gasteiger partial charge in [0, 0.05) is 23.6 Å². The number of benzene rings is 2. The second-order valence-electron chi connectivity index (χ2n) is 6.08. The smallest absolute Gasteiger partial charge is 0.336 e. The normalized spacial score (nSPS) is 11.0. The van der Waals surface area contributed by atoms with Gasteiger partial charge in [-0.25, -0.2) is 9.59 Å². The van der Waals surface area contributed by atoms with Crippen LogP contribution in [-0.4, -0.2) is 12.6 Å². The number of rotatable bonds is 6. The maximum atomic E-state index is 12.0. The maximum Gasteiger partial charge on any atom is 0.336 e. The zero-order valence-corrected chi connectivity index (χ0v) is 15.2. The zero-order chi connectivity index (χ0) is 19.2. The minimum absolute atomic E-state index is 0.314. The van der Waals surface area contributed by atoms with E-state index < -0.39 is 11.6 Å². The first-order valence-electron chi connectivity index (χ1n) is 8.72. The molecule has 0 saturated heterocycles. The SMILES string of the molecule is CCCOc1ccc(/C=C/C(=O)Oc2ccc3c(C)cc(=O)oc3c2)cc1. The number of fused-ring (bicyclic) bond motifs is 1. The van der Waals surface area contributed by atoms with Gasteiger partial charge in [0.25, 0.3) is 0 Å². The summed E-state index contributed by atoms with van der Waals surface area (Å²) in [6.45, 7) is 4.55. The largest absolute Gasteiger partial charge is 0.494 e.